The van der Waals surface area contributed by atoms with Gasteiger partial charge in [-0.25, -0.2) is 8.42 Å². The van der Waals surface area contributed by atoms with Gasteiger partial charge in [0.1, 0.15) is 19.8 Å². The Bertz CT molecular complexity index is 1380. The Hall–Kier alpha value is -4.05. The van der Waals surface area contributed by atoms with E-state index in [9.17, 15) is 18.0 Å². The summed E-state index contributed by atoms with van der Waals surface area (Å²) >= 11 is 0. The van der Waals surface area contributed by atoms with Crippen molar-refractivity contribution in [2.45, 2.75) is 19.9 Å². The number of carbonyl (C=O) groups excluding carboxylic acids is 2. The van der Waals surface area contributed by atoms with E-state index in [4.69, 9.17) is 9.47 Å². The third-order valence-corrected chi connectivity index (χ3v) is 7.64. The minimum atomic E-state index is -3.80. The summed E-state index contributed by atoms with van der Waals surface area (Å²) in [5.41, 5.74) is 1.77. The van der Waals surface area contributed by atoms with Gasteiger partial charge in [-0.2, -0.15) is 0 Å². The molecule has 0 unspecified atom stereocenters. The van der Waals surface area contributed by atoms with Crippen LogP contribution in [-0.2, 0) is 14.8 Å². The van der Waals surface area contributed by atoms with Crippen molar-refractivity contribution in [1.82, 2.24) is 5.32 Å². The van der Waals surface area contributed by atoms with Crippen molar-refractivity contribution in [3.63, 3.8) is 0 Å². The average Bonchev–Trinajstić information content (AvgIpc) is 2.92. The molecule has 3 aromatic carbocycles. The van der Waals surface area contributed by atoms with E-state index in [0.29, 0.717) is 24.7 Å². The van der Waals surface area contributed by atoms with Crippen molar-refractivity contribution in [2.75, 3.05) is 35.1 Å². The van der Waals surface area contributed by atoms with Crippen LogP contribution in [0.25, 0.3) is 0 Å². The second-order valence-corrected chi connectivity index (χ2v) is 10.6. The Labute approximate surface area is 216 Å². The molecule has 0 radical (unpaired) electrons. The first kappa shape index (κ1) is 26.0. The summed E-state index contributed by atoms with van der Waals surface area (Å²) in [5, 5.41) is 5.63. The van der Waals surface area contributed by atoms with Crippen LogP contribution in [0.2, 0.25) is 0 Å². The van der Waals surface area contributed by atoms with E-state index >= 15 is 0 Å². The van der Waals surface area contributed by atoms with Crippen molar-refractivity contribution in [2.24, 2.45) is 0 Å². The number of hydrogen-bond donors (Lipinski definition) is 2. The standard InChI is InChI=1S/C27H29N3O6S/c1-3-37(33,34)30(21-13-14-24-25(17-21)36-16-15-35-24)18-26(31)29-23-12-8-7-11-22(23)27(32)28-19(2)20-9-5-4-6-10-20/h4-14,17,19H,3,15-16,18H2,1-2H3,(H,28,32)(H,29,31)/t19-/m1/s1. The third-order valence-electron chi connectivity index (χ3n) is 5.89. The van der Waals surface area contributed by atoms with Gasteiger partial charge >= 0.3 is 0 Å². The zero-order chi connectivity index (χ0) is 26.4. The molecule has 0 bridgehead atoms. The zero-order valence-corrected chi connectivity index (χ0v) is 21.5. The van der Waals surface area contributed by atoms with Gasteiger partial charge in [0.25, 0.3) is 5.91 Å². The lowest BCUT2D eigenvalue weighted by atomic mass is 10.1. The largest absolute Gasteiger partial charge is 0.486 e. The molecule has 0 saturated heterocycles. The molecule has 0 spiro atoms. The summed E-state index contributed by atoms with van der Waals surface area (Å²) in [6.45, 7) is 3.65. The topological polar surface area (TPSA) is 114 Å². The van der Waals surface area contributed by atoms with Crippen LogP contribution in [0.1, 0.15) is 35.8 Å². The van der Waals surface area contributed by atoms with Crippen LogP contribution < -0.4 is 24.4 Å². The predicted octanol–water partition coefficient (Wildman–Crippen LogP) is 3.74. The van der Waals surface area contributed by atoms with E-state index in [-0.39, 0.29) is 34.6 Å². The van der Waals surface area contributed by atoms with Crippen LogP contribution in [0.5, 0.6) is 11.5 Å². The van der Waals surface area contributed by atoms with Gasteiger partial charge in [-0.05, 0) is 43.7 Å². The van der Waals surface area contributed by atoms with Gasteiger partial charge in [-0.15, -0.1) is 0 Å². The number of para-hydroxylation sites is 1. The first-order valence-corrected chi connectivity index (χ1v) is 13.5. The third kappa shape index (κ3) is 6.21. The summed E-state index contributed by atoms with van der Waals surface area (Å²) in [6, 6.07) is 20.6. The molecule has 1 heterocycles. The molecular formula is C27H29N3O6S. The highest BCUT2D eigenvalue weighted by molar-refractivity contribution is 7.92. The second kappa shape index (κ2) is 11.3. The number of fused-ring (bicyclic) bond motifs is 1. The van der Waals surface area contributed by atoms with Gasteiger partial charge < -0.3 is 20.1 Å². The number of benzene rings is 3. The quantitative estimate of drug-likeness (QED) is 0.442. The van der Waals surface area contributed by atoms with Crippen LogP contribution >= 0.6 is 0 Å². The fourth-order valence-corrected chi connectivity index (χ4v) is 4.96. The van der Waals surface area contributed by atoms with Gasteiger partial charge in [0.15, 0.2) is 11.5 Å². The van der Waals surface area contributed by atoms with E-state index in [1.165, 1.54) is 6.92 Å². The highest BCUT2D eigenvalue weighted by Gasteiger charge is 2.26. The molecule has 0 saturated carbocycles. The summed E-state index contributed by atoms with van der Waals surface area (Å²) in [6.07, 6.45) is 0. The van der Waals surface area contributed by atoms with Gasteiger partial charge in [0.05, 0.1) is 28.7 Å². The van der Waals surface area contributed by atoms with E-state index in [0.717, 1.165) is 9.87 Å². The number of hydrogen-bond acceptors (Lipinski definition) is 6. The fourth-order valence-electron chi connectivity index (χ4n) is 3.90. The molecule has 3 aromatic rings. The van der Waals surface area contributed by atoms with Crippen LogP contribution in [0.3, 0.4) is 0 Å². The molecule has 1 atom stereocenters. The summed E-state index contributed by atoms with van der Waals surface area (Å²) in [4.78, 5) is 26.1. The van der Waals surface area contributed by atoms with Crippen LogP contribution in [0.15, 0.2) is 72.8 Å². The molecule has 0 aromatic heterocycles. The molecule has 0 fully saturated rings. The predicted molar refractivity (Wildman–Crippen MR) is 142 cm³/mol. The average molecular weight is 524 g/mol. The monoisotopic (exact) mass is 523 g/mol. The number of ether oxygens (including phenoxy) is 2. The lowest BCUT2D eigenvalue weighted by Gasteiger charge is -2.26. The molecule has 10 heteroatoms. The van der Waals surface area contributed by atoms with Gasteiger partial charge in [-0.1, -0.05) is 42.5 Å². The molecule has 1 aliphatic rings. The Balaban J connectivity index is 1.52. The zero-order valence-electron chi connectivity index (χ0n) is 20.6. The van der Waals surface area contributed by atoms with Crippen molar-refractivity contribution < 1.29 is 27.5 Å². The molecule has 9 nitrogen and oxygen atoms in total. The van der Waals surface area contributed by atoms with E-state index in [1.807, 2.05) is 37.3 Å². The smallest absolute Gasteiger partial charge is 0.253 e. The van der Waals surface area contributed by atoms with Gasteiger partial charge in [-0.3, -0.25) is 13.9 Å². The molecule has 4 rings (SSSR count). The van der Waals surface area contributed by atoms with Crippen LogP contribution in [0, 0.1) is 0 Å². The number of rotatable bonds is 9. The highest BCUT2D eigenvalue weighted by atomic mass is 32.2. The molecule has 194 valence electrons. The number of sulfonamides is 1. The van der Waals surface area contributed by atoms with Crippen LogP contribution in [-0.4, -0.2) is 45.7 Å². The van der Waals surface area contributed by atoms with E-state index < -0.39 is 22.5 Å². The molecule has 37 heavy (non-hydrogen) atoms. The second-order valence-electron chi connectivity index (χ2n) is 8.43. The van der Waals surface area contributed by atoms with Crippen molar-refractivity contribution in [3.8, 4) is 11.5 Å². The van der Waals surface area contributed by atoms with Crippen molar-refractivity contribution >= 4 is 33.2 Å². The summed E-state index contributed by atoms with van der Waals surface area (Å²) in [7, 11) is -3.80. The summed E-state index contributed by atoms with van der Waals surface area (Å²) in [5.74, 6) is -0.237. The van der Waals surface area contributed by atoms with E-state index in [1.54, 1.807) is 42.5 Å². The normalized spacial score (nSPS) is 13.4. The number of anilines is 2. The number of nitrogens with zero attached hydrogens (tertiary/aromatic N) is 1. The SMILES string of the molecule is CCS(=O)(=O)N(CC(=O)Nc1ccccc1C(=O)N[C@H](C)c1ccccc1)c1ccc2c(c1)OCCO2. The molecular weight excluding hydrogens is 494 g/mol. The minimum Gasteiger partial charge on any atom is -0.486 e. The lowest BCUT2D eigenvalue weighted by molar-refractivity contribution is -0.114. The Morgan fingerprint density at radius 2 is 1.62 bits per heavy atom. The maximum absolute atomic E-state index is 13.1. The Kier molecular flexibility index (Phi) is 7.98. The van der Waals surface area contributed by atoms with Gasteiger partial charge in [0, 0.05) is 6.07 Å². The maximum Gasteiger partial charge on any atom is 0.253 e. The first-order valence-electron chi connectivity index (χ1n) is 11.9. The van der Waals surface area contributed by atoms with Crippen LogP contribution in [0.4, 0.5) is 11.4 Å². The fraction of sp³-hybridized carbons (Fsp3) is 0.259. The number of nitrogens with one attached hydrogen (secondary N) is 2. The highest BCUT2D eigenvalue weighted by Crippen LogP contribution is 2.35. The molecule has 1 aliphatic heterocycles. The number of carbonyl (C=O) groups is 2. The van der Waals surface area contributed by atoms with Crippen molar-refractivity contribution in [3.05, 3.63) is 83.9 Å². The Morgan fingerprint density at radius 3 is 2.35 bits per heavy atom. The number of amides is 2. The van der Waals surface area contributed by atoms with Gasteiger partial charge in [0.2, 0.25) is 15.9 Å². The Morgan fingerprint density at radius 1 is 0.946 bits per heavy atom. The maximum atomic E-state index is 13.1. The molecule has 0 aliphatic carbocycles. The molecule has 2 N–H and O–H groups in total. The lowest BCUT2D eigenvalue weighted by Crippen LogP contribution is -2.39. The summed E-state index contributed by atoms with van der Waals surface area (Å²) < 4.78 is 37.9. The minimum absolute atomic E-state index is 0.203. The van der Waals surface area contributed by atoms with E-state index in [2.05, 4.69) is 10.6 Å². The van der Waals surface area contributed by atoms with Crippen molar-refractivity contribution in [1.29, 1.82) is 0 Å². The first-order chi connectivity index (χ1) is 17.8. The molecule has 2 amide bonds.